The number of rotatable bonds is 9. The first kappa shape index (κ1) is 45.4. The Balaban J connectivity index is 0.000000223. The molecule has 0 spiro atoms. The Kier molecular flexibility index (Phi) is 17.4. The number of hydrogen-bond donors (Lipinski definition) is 0. The minimum Gasteiger partial charge on any atom is -0.514 e. The first-order valence-corrected chi connectivity index (χ1v) is 18.0. The second-order valence-electron chi connectivity index (χ2n) is 14.0. The second kappa shape index (κ2) is 21.4. The van der Waals surface area contributed by atoms with Crippen LogP contribution >= 0.6 is 0 Å². The summed E-state index contributed by atoms with van der Waals surface area (Å²) in [5, 5.41) is 0. The van der Waals surface area contributed by atoms with E-state index in [0.29, 0.717) is 28.7 Å². The van der Waals surface area contributed by atoms with E-state index in [1.165, 1.54) is 60.2 Å². The van der Waals surface area contributed by atoms with Crippen LogP contribution in [0.5, 0.6) is 34.5 Å². The molecule has 0 aliphatic heterocycles. The van der Waals surface area contributed by atoms with Crippen LogP contribution < -0.4 is 14.2 Å². The molecule has 0 amide bonds. The molecule has 0 aliphatic rings. The van der Waals surface area contributed by atoms with Crippen molar-refractivity contribution in [2.75, 3.05) is 0 Å². The molecule has 0 atom stereocenters. The molecule has 0 heterocycles. The van der Waals surface area contributed by atoms with Gasteiger partial charge in [0.2, 0.25) is 0 Å². The van der Waals surface area contributed by atoms with Gasteiger partial charge in [-0.25, -0.2) is 17.6 Å². The Morgan fingerprint density at radius 2 is 0.946 bits per heavy atom. The molecule has 0 N–H and O–H groups in total. The van der Waals surface area contributed by atoms with Crippen LogP contribution in [0.2, 0.25) is 0 Å². The van der Waals surface area contributed by atoms with Gasteiger partial charge in [0.1, 0.15) is 46.2 Å². The Morgan fingerprint density at radius 3 is 1.43 bits per heavy atom. The van der Waals surface area contributed by atoms with Crippen LogP contribution in [-0.4, -0.2) is 0 Å². The Morgan fingerprint density at radius 1 is 0.429 bits per heavy atom. The summed E-state index contributed by atoms with van der Waals surface area (Å²) < 4.78 is 83.3. The number of aryl methyl sites for hydroxylation is 2. The maximum atomic E-state index is 13.8. The van der Waals surface area contributed by atoms with Crippen molar-refractivity contribution in [3.05, 3.63) is 178 Å². The van der Waals surface area contributed by atoms with Gasteiger partial charge in [0.05, 0.1) is 0 Å². The van der Waals surface area contributed by atoms with Crippen LogP contribution in [0.25, 0.3) is 0 Å². The van der Waals surface area contributed by atoms with Gasteiger partial charge in [-0.05, 0) is 114 Å². The topological polar surface area (TPSA) is 27.7 Å². The molecule has 6 aromatic carbocycles. The number of benzene rings is 6. The molecule has 56 heavy (non-hydrogen) atoms. The van der Waals surface area contributed by atoms with Crippen molar-refractivity contribution in [2.24, 2.45) is 0 Å². The van der Waals surface area contributed by atoms with Gasteiger partial charge >= 0.3 is 0 Å². The van der Waals surface area contributed by atoms with E-state index < -0.39 is 11.6 Å². The minimum atomic E-state index is -0.466. The van der Waals surface area contributed by atoms with Crippen LogP contribution in [0.3, 0.4) is 0 Å². The van der Waals surface area contributed by atoms with E-state index in [9.17, 15) is 22.0 Å². The number of ether oxygens (including phenoxy) is 3. The molecule has 3 nitrogen and oxygen atoms in total. The van der Waals surface area contributed by atoms with Gasteiger partial charge in [0.15, 0.2) is 5.82 Å². The molecular weight excluding hydrogens is 891 g/mol. The largest absolute Gasteiger partial charge is 0.514 e. The molecule has 0 unspecified atom stereocenters. The molecule has 0 radical (unpaired) electrons. The first-order valence-electron chi connectivity index (χ1n) is 18.0. The van der Waals surface area contributed by atoms with Gasteiger partial charge < -0.3 is 14.2 Å². The van der Waals surface area contributed by atoms with Gasteiger partial charge in [-0.3, -0.25) is 4.39 Å². The summed E-state index contributed by atoms with van der Waals surface area (Å²) in [4.78, 5) is 0. The van der Waals surface area contributed by atoms with Crippen LogP contribution in [0.4, 0.5) is 22.0 Å². The number of hydrogen-bond acceptors (Lipinski definition) is 3. The van der Waals surface area contributed by atoms with E-state index >= 15 is 0 Å². The summed E-state index contributed by atoms with van der Waals surface area (Å²) >= 11 is 0. The van der Waals surface area contributed by atoms with Crippen LogP contribution in [-0.2, 0) is 21.1 Å². The summed E-state index contributed by atoms with van der Waals surface area (Å²) in [6.07, 6.45) is 0. The third-order valence-electron chi connectivity index (χ3n) is 8.22. The van der Waals surface area contributed by atoms with Crippen molar-refractivity contribution in [3.63, 3.8) is 0 Å². The summed E-state index contributed by atoms with van der Waals surface area (Å²) in [6, 6.07) is 32.9. The van der Waals surface area contributed by atoms with E-state index in [-0.39, 0.29) is 61.9 Å². The van der Waals surface area contributed by atoms with Crippen molar-refractivity contribution in [1.82, 2.24) is 0 Å². The van der Waals surface area contributed by atoms with E-state index in [4.69, 9.17) is 14.2 Å². The quantitative estimate of drug-likeness (QED) is 0.107. The summed E-state index contributed by atoms with van der Waals surface area (Å²) in [5.41, 5.74) is 4.41. The Hall–Kier alpha value is -4.94. The molecule has 0 fully saturated rings. The van der Waals surface area contributed by atoms with Gasteiger partial charge in [-0.2, -0.15) is 6.07 Å². The molecule has 0 aliphatic carbocycles. The Labute approximate surface area is 341 Å². The zero-order valence-electron chi connectivity index (χ0n) is 32.7. The summed E-state index contributed by atoms with van der Waals surface area (Å²) in [6.45, 7) is 15.7. The van der Waals surface area contributed by atoms with E-state index in [0.717, 1.165) is 22.4 Å². The molecule has 0 aromatic heterocycles. The fourth-order valence-corrected chi connectivity index (χ4v) is 5.32. The van der Waals surface area contributed by atoms with Crippen LogP contribution in [0.1, 0.15) is 87.1 Å². The average molecular weight is 938 g/mol. The van der Waals surface area contributed by atoms with E-state index in [1.807, 2.05) is 65.0 Å². The van der Waals surface area contributed by atoms with E-state index in [1.54, 1.807) is 37.3 Å². The maximum absolute atomic E-state index is 13.8. The van der Waals surface area contributed by atoms with Crippen molar-refractivity contribution in [1.29, 1.82) is 0 Å². The van der Waals surface area contributed by atoms with Crippen molar-refractivity contribution >= 4 is 0 Å². The molecular formula is C47H46F5O3W-. The predicted octanol–water partition coefficient (Wildman–Crippen LogP) is 14.9. The molecule has 0 saturated carbocycles. The third-order valence-corrected chi connectivity index (χ3v) is 8.22. The van der Waals surface area contributed by atoms with Crippen molar-refractivity contribution < 1.29 is 57.2 Å². The van der Waals surface area contributed by atoms with Gasteiger partial charge in [0.25, 0.3) is 0 Å². The monoisotopic (exact) mass is 937 g/mol. The molecule has 294 valence electrons. The molecule has 6 rings (SSSR count). The Bertz CT molecular complexity index is 2130. The predicted molar refractivity (Wildman–Crippen MR) is 209 cm³/mol. The fourth-order valence-electron chi connectivity index (χ4n) is 5.32. The smallest absolute Gasteiger partial charge is 0.164 e. The SMILES string of the molecule is CC(C)c1ccc(Oc2c[c-]cc(F)c2)c(F)c1.Cc1cc(F)cc(Oc2ccc(C(C)C)c(F)c2)c1.Cc1cc(F)cc(Oc2ccc(C(C)C)cc2)c1.[W]. The summed E-state index contributed by atoms with van der Waals surface area (Å²) in [5.74, 6) is 1.30. The molecule has 9 heteroatoms. The minimum absolute atomic E-state index is 0. The maximum Gasteiger partial charge on any atom is 0.164 e. The second-order valence-corrected chi connectivity index (χ2v) is 14.0. The zero-order valence-corrected chi connectivity index (χ0v) is 35.7. The van der Waals surface area contributed by atoms with E-state index in [2.05, 4.69) is 19.9 Å². The van der Waals surface area contributed by atoms with Gasteiger partial charge in [0, 0.05) is 50.8 Å². The molecule has 0 bridgehead atoms. The van der Waals surface area contributed by atoms with Crippen LogP contribution in [0, 0.1) is 49.0 Å². The summed E-state index contributed by atoms with van der Waals surface area (Å²) in [7, 11) is 0. The normalized spacial score (nSPS) is 10.6. The molecule has 6 aromatic rings. The number of halogens is 5. The molecule has 0 saturated heterocycles. The zero-order chi connectivity index (χ0) is 40.2. The standard InChI is InChI=1S/C16H16F2O.C16H17FO.C15H13F2O.W/c1-10(2)15-5-4-13(9-16(15)18)19-14-7-11(3)6-12(17)8-14;1-11(2)13-4-6-15(7-5-13)18-16-9-12(3)8-14(17)10-16;1-10(2)11-6-7-15(14(17)8-11)18-13-5-3-4-12(16)9-13;/h4-10H,1-3H3;4-11H,1-3H3;4-10H,1-2H3;/q;;-1;. The third kappa shape index (κ3) is 14.3. The van der Waals surface area contributed by atoms with Crippen molar-refractivity contribution in [3.8, 4) is 34.5 Å². The van der Waals surface area contributed by atoms with Gasteiger partial charge in [-0.1, -0.05) is 71.9 Å². The van der Waals surface area contributed by atoms with Crippen LogP contribution in [0.15, 0.2) is 115 Å². The van der Waals surface area contributed by atoms with Crippen molar-refractivity contribution in [2.45, 2.75) is 73.1 Å². The van der Waals surface area contributed by atoms with Gasteiger partial charge in [-0.15, -0.1) is 12.1 Å². The average Bonchev–Trinajstić information content (AvgIpc) is 3.09. The first-order chi connectivity index (χ1) is 26.1. The fraction of sp³-hybridized carbons (Fsp3) is 0.234.